The molecule has 10 rings (SSSR count). The predicted molar refractivity (Wildman–Crippen MR) is 238 cm³/mol. The molecule has 0 saturated carbocycles. The van der Waals surface area contributed by atoms with Gasteiger partial charge >= 0.3 is 5.97 Å². The molecular weight excluding hydrogens is 817 g/mol. The first-order valence-electron chi connectivity index (χ1n) is 22.4. The number of aliphatic hydroxyl groups excluding tert-OH is 3. The number of esters is 1. The Morgan fingerprint density at radius 3 is 2.56 bits per heavy atom. The lowest BCUT2D eigenvalue weighted by atomic mass is 9.62. The van der Waals surface area contributed by atoms with E-state index in [9.17, 15) is 35.1 Å². The van der Waals surface area contributed by atoms with Gasteiger partial charge in [-0.25, -0.2) is 14.8 Å². The van der Waals surface area contributed by atoms with Gasteiger partial charge in [0, 0.05) is 65.4 Å². The number of hydrogen-bond donors (Lipinski definition) is 7. The fourth-order valence-corrected chi connectivity index (χ4v) is 12.1. The van der Waals surface area contributed by atoms with Crippen molar-refractivity contribution in [3.8, 4) is 17.2 Å². The number of nitrogen functional groups attached to an aromatic ring is 1. The molecule has 3 aromatic heterocycles. The number of hydrogen-bond acceptors (Lipinski definition) is 14. The van der Waals surface area contributed by atoms with Gasteiger partial charge in [0.25, 0.3) is 0 Å². The third kappa shape index (κ3) is 6.47. The van der Waals surface area contributed by atoms with E-state index in [1.807, 2.05) is 25.3 Å². The fraction of sp³-hybridized carbons (Fsp3) is 0.440. The highest BCUT2D eigenvalue weighted by atomic mass is 16.6. The first-order valence-corrected chi connectivity index (χ1v) is 22.4. The third-order valence-electron chi connectivity index (χ3n) is 15.3. The van der Waals surface area contributed by atoms with Gasteiger partial charge < -0.3 is 50.5 Å². The van der Waals surface area contributed by atoms with Crippen LogP contribution in [0.15, 0.2) is 63.6 Å². The van der Waals surface area contributed by atoms with E-state index in [1.54, 1.807) is 25.3 Å². The van der Waals surface area contributed by atoms with Crippen LogP contribution in [0.3, 0.4) is 0 Å². The number of pyridine rings is 2. The molecule has 334 valence electrons. The lowest BCUT2D eigenvalue weighted by molar-refractivity contribution is -0.169. The van der Waals surface area contributed by atoms with E-state index in [4.69, 9.17) is 29.6 Å². The van der Waals surface area contributed by atoms with Crippen molar-refractivity contribution in [3.05, 3.63) is 120 Å². The van der Waals surface area contributed by atoms with E-state index in [-0.39, 0.29) is 63.7 Å². The summed E-state index contributed by atoms with van der Waals surface area (Å²) >= 11 is 0. The molecule has 3 aliphatic heterocycles. The minimum atomic E-state index is -1.36. The van der Waals surface area contributed by atoms with Gasteiger partial charge in [0.15, 0.2) is 5.43 Å². The lowest BCUT2D eigenvalue weighted by Crippen LogP contribution is -2.59. The van der Waals surface area contributed by atoms with Gasteiger partial charge in [-0.1, -0.05) is 12.1 Å². The molecule has 0 spiro atoms. The Kier molecular flexibility index (Phi) is 10.5. The maximum absolute atomic E-state index is 14.2. The van der Waals surface area contributed by atoms with Crippen molar-refractivity contribution in [1.82, 2.24) is 9.97 Å². The zero-order valence-corrected chi connectivity index (χ0v) is 36.2. The topological polar surface area (TPSA) is 231 Å². The molecule has 14 nitrogen and oxygen atoms in total. The molecule has 0 unspecified atom stereocenters. The number of aromatic nitrogens is 2. The van der Waals surface area contributed by atoms with E-state index in [1.165, 1.54) is 17.2 Å². The highest BCUT2D eigenvalue weighted by Gasteiger charge is 2.57. The first-order chi connectivity index (χ1) is 30.9. The summed E-state index contributed by atoms with van der Waals surface area (Å²) in [4.78, 5) is 38.0. The number of nitrogens with zero attached hydrogens (tertiary/aromatic N) is 2. The average molecular weight is 871 g/mol. The molecule has 5 aliphatic rings. The molecule has 8 N–H and O–H groups in total. The first kappa shape index (κ1) is 42.0. The quantitative estimate of drug-likeness (QED) is 0.0827. The zero-order valence-electron chi connectivity index (χ0n) is 36.2. The number of benzene rings is 2. The van der Waals surface area contributed by atoms with E-state index in [0.717, 1.165) is 53.4 Å². The van der Waals surface area contributed by atoms with Gasteiger partial charge in [0.2, 0.25) is 0 Å². The fourth-order valence-electron chi connectivity index (χ4n) is 12.1. The van der Waals surface area contributed by atoms with Gasteiger partial charge in [-0.05, 0) is 129 Å². The Labute approximate surface area is 369 Å². The number of phenolic OH excluding ortho intramolecular Hbond substituents is 2. The van der Waals surface area contributed by atoms with Crippen LogP contribution in [0, 0.1) is 11.8 Å². The maximum Gasteiger partial charge on any atom is 0.336 e. The van der Waals surface area contributed by atoms with Crippen LogP contribution >= 0.6 is 0 Å². The van der Waals surface area contributed by atoms with Crippen molar-refractivity contribution in [2.75, 3.05) is 24.3 Å². The number of anilines is 2. The standard InChI is InChI=1S/C50H54N4O10/c1-4-24(20-55)49(61)63-39-18-35-44(60)42-38(59)17-28(21-56)62-46(42)43-40-33-13-14-52-47(51)41(33)31(10-7-25-6-8-27(58)16-34(25)36(40)22-57)30-12-11-29-26(15-37(30)50(39,3)64-45(35)43)19-53-48-32(29)9-5-23(2)54-48/h4,6,8,13-14,16-17,19,23,30-31,36-37,39-40,55-58,60H,5,7,9-12,15,18,20-22H2,1-3H3,(H2,51,52)(H,53,54)/b24-4-/t23-,30+,31+,36+,37+,39-,40+,50+/m1/s1. The normalized spacial score (nSPS) is 26.8. The van der Waals surface area contributed by atoms with Crippen LogP contribution in [-0.4, -0.2) is 72.4 Å². The molecule has 4 bridgehead atoms. The molecule has 0 fully saturated rings. The lowest BCUT2D eigenvalue weighted by Gasteiger charge is -2.51. The summed E-state index contributed by atoms with van der Waals surface area (Å²) in [6, 6.07) is 8.53. The number of allylic oxidation sites excluding steroid dienone is 1. The molecule has 64 heavy (non-hydrogen) atoms. The van der Waals surface area contributed by atoms with Crippen LogP contribution in [0.1, 0.15) is 114 Å². The summed E-state index contributed by atoms with van der Waals surface area (Å²) in [5.74, 6) is -2.40. The zero-order chi connectivity index (χ0) is 44.8. The molecule has 0 amide bonds. The summed E-state index contributed by atoms with van der Waals surface area (Å²) in [7, 11) is 0. The Hall–Kier alpha value is -5.96. The third-order valence-corrected chi connectivity index (χ3v) is 15.3. The van der Waals surface area contributed by atoms with Crippen molar-refractivity contribution in [2.45, 2.75) is 114 Å². The van der Waals surface area contributed by atoms with Gasteiger partial charge in [0.05, 0.1) is 18.8 Å². The van der Waals surface area contributed by atoms with Crippen LogP contribution in [0.4, 0.5) is 11.6 Å². The monoisotopic (exact) mass is 870 g/mol. The number of fused-ring (bicyclic) bond motifs is 11. The van der Waals surface area contributed by atoms with Crippen LogP contribution in [0.2, 0.25) is 0 Å². The number of aromatic hydroxyl groups is 2. The number of aliphatic hydroxyl groups is 3. The van der Waals surface area contributed by atoms with Crippen LogP contribution < -0.4 is 21.2 Å². The van der Waals surface area contributed by atoms with Crippen molar-refractivity contribution in [2.24, 2.45) is 11.8 Å². The van der Waals surface area contributed by atoms with Gasteiger partial charge in [-0.3, -0.25) is 4.79 Å². The Bertz CT molecular complexity index is 2820. The number of carbonyl (C=O) groups is 1. The van der Waals surface area contributed by atoms with Gasteiger partial charge in [0.1, 0.15) is 63.9 Å². The van der Waals surface area contributed by atoms with Crippen molar-refractivity contribution in [1.29, 1.82) is 0 Å². The van der Waals surface area contributed by atoms with Crippen molar-refractivity contribution < 1.29 is 44.2 Å². The van der Waals surface area contributed by atoms with E-state index < -0.39 is 66.4 Å². The molecule has 0 saturated heterocycles. The van der Waals surface area contributed by atoms with Gasteiger partial charge in [-0.15, -0.1) is 0 Å². The molecule has 14 heteroatoms. The molecule has 0 radical (unpaired) electrons. The number of carbonyl (C=O) groups excluding carboxylic acids is 1. The van der Waals surface area contributed by atoms with Crippen molar-refractivity contribution >= 4 is 28.6 Å². The summed E-state index contributed by atoms with van der Waals surface area (Å²) in [5, 5.41) is 59.4. The summed E-state index contributed by atoms with van der Waals surface area (Å²) in [6.45, 7) is 4.15. The summed E-state index contributed by atoms with van der Waals surface area (Å²) < 4.78 is 20.6. The van der Waals surface area contributed by atoms with Crippen molar-refractivity contribution in [3.63, 3.8) is 0 Å². The number of phenols is 2. The second-order valence-electron chi connectivity index (χ2n) is 18.5. The smallest absolute Gasteiger partial charge is 0.336 e. The second-order valence-corrected chi connectivity index (χ2v) is 18.5. The van der Waals surface area contributed by atoms with E-state index >= 15 is 0 Å². The van der Waals surface area contributed by atoms with Gasteiger partial charge in [-0.2, -0.15) is 0 Å². The SMILES string of the molecule is C/C=C(/CO)C(=O)O[C@@H]1Cc2c3c(c4oc(CO)cc(=O)c4c2O)[C@H]2c4ccnc(N)c4[C@@H](CCc4ccc(O)cc4[C@@H]2CO)[C@@H]2CCc4c(cnc5c4CC[C@@H](C)N5)C[C@@H]2[C@]1(C)O3. The molecular formula is C50H54N4O10. The Morgan fingerprint density at radius 1 is 0.984 bits per heavy atom. The molecule has 5 aromatic rings. The number of nitrogens with two attached hydrogens (primary N) is 1. The minimum Gasteiger partial charge on any atom is -0.508 e. The highest BCUT2D eigenvalue weighted by Crippen LogP contribution is 2.60. The summed E-state index contributed by atoms with van der Waals surface area (Å²) in [5.41, 5.74) is 12.3. The molecule has 2 aliphatic carbocycles. The maximum atomic E-state index is 14.2. The number of rotatable bonds is 5. The predicted octanol–water partition coefficient (Wildman–Crippen LogP) is 5.73. The molecule has 2 aromatic carbocycles. The van der Waals surface area contributed by atoms with E-state index in [0.29, 0.717) is 42.6 Å². The highest BCUT2D eigenvalue weighted by molar-refractivity contribution is 5.92. The van der Waals surface area contributed by atoms with E-state index in [2.05, 4.69) is 12.2 Å². The summed E-state index contributed by atoms with van der Waals surface area (Å²) in [6.07, 6.45) is 8.81. The number of ether oxygens (including phenoxy) is 2. The van der Waals surface area contributed by atoms with Crippen LogP contribution in [0.25, 0.3) is 11.0 Å². The molecule has 8 atom stereocenters. The van der Waals surface area contributed by atoms with Crippen LogP contribution in [-0.2, 0) is 48.2 Å². The van der Waals surface area contributed by atoms with Crippen LogP contribution in [0.5, 0.6) is 17.2 Å². The number of aryl methyl sites for hydroxylation is 1. The minimum absolute atomic E-state index is 0.0107. The number of nitrogens with one attached hydrogen (secondary N) is 1. The second kappa shape index (κ2) is 15.9. The Morgan fingerprint density at radius 2 is 1.80 bits per heavy atom. The average Bonchev–Trinajstić information content (AvgIpc) is 3.45. The molecule has 6 heterocycles. The largest absolute Gasteiger partial charge is 0.508 e. The Balaban J connectivity index is 1.35.